The zero-order valence-corrected chi connectivity index (χ0v) is 7.94. The molecule has 1 unspecified atom stereocenters. The number of hydrogen-bond acceptors (Lipinski definition) is 5. The van der Waals surface area contributed by atoms with Gasteiger partial charge in [-0.1, -0.05) is 0 Å². The molecule has 0 aromatic heterocycles. The highest BCUT2D eigenvalue weighted by Gasteiger charge is 2.01. The molecule has 0 aromatic carbocycles. The van der Waals surface area contributed by atoms with Crippen LogP contribution in [-0.4, -0.2) is 56.1 Å². The summed E-state index contributed by atoms with van der Waals surface area (Å²) in [6, 6.07) is 0. The van der Waals surface area contributed by atoms with Gasteiger partial charge in [0.2, 0.25) is 0 Å². The van der Waals surface area contributed by atoms with Gasteiger partial charge in [-0.15, -0.1) is 0 Å². The van der Waals surface area contributed by atoms with Crippen molar-refractivity contribution in [2.45, 2.75) is 13.2 Å². The molecule has 0 fully saturated rings. The second kappa shape index (κ2) is 9.88. The number of aliphatic hydroxyl groups is 2. The summed E-state index contributed by atoms with van der Waals surface area (Å²) >= 11 is 0. The lowest BCUT2D eigenvalue weighted by Crippen LogP contribution is -2.20. The van der Waals surface area contributed by atoms with Crippen LogP contribution in [0.3, 0.4) is 0 Å². The normalized spacial score (nSPS) is 13.2. The van der Waals surface area contributed by atoms with Crippen LogP contribution < -0.4 is 0 Å². The number of aliphatic hydroxyl groups excluding tert-OH is 2. The Balaban J connectivity index is 2.97. The molecule has 5 heteroatoms. The van der Waals surface area contributed by atoms with Gasteiger partial charge in [-0.2, -0.15) is 0 Å². The molecule has 0 saturated carbocycles. The topological polar surface area (TPSA) is 68.2 Å². The molecule has 0 amide bonds. The van der Waals surface area contributed by atoms with E-state index in [1.165, 1.54) is 0 Å². The molecule has 0 rings (SSSR count). The van der Waals surface area contributed by atoms with Crippen LogP contribution in [0.15, 0.2) is 0 Å². The second-order valence-corrected chi connectivity index (χ2v) is 2.32. The molecule has 0 aliphatic carbocycles. The van der Waals surface area contributed by atoms with Crippen molar-refractivity contribution < 1.29 is 24.4 Å². The molecule has 0 aliphatic heterocycles. The fraction of sp³-hybridized carbons (Fsp3) is 1.00. The Morgan fingerprint density at radius 3 is 2.46 bits per heavy atom. The highest BCUT2D eigenvalue weighted by molar-refractivity contribution is 4.37. The first-order valence-electron chi connectivity index (χ1n) is 4.37. The SMILES string of the molecule is CCOC(O)COCCOCCO. The Morgan fingerprint density at radius 1 is 1.15 bits per heavy atom. The average molecular weight is 194 g/mol. The molecule has 0 bridgehead atoms. The number of ether oxygens (including phenoxy) is 3. The van der Waals surface area contributed by atoms with Crippen molar-refractivity contribution in [1.82, 2.24) is 0 Å². The zero-order valence-electron chi connectivity index (χ0n) is 7.94. The Bertz CT molecular complexity index is 98.5. The van der Waals surface area contributed by atoms with E-state index in [2.05, 4.69) is 0 Å². The van der Waals surface area contributed by atoms with E-state index in [1.807, 2.05) is 0 Å². The minimum atomic E-state index is -0.858. The van der Waals surface area contributed by atoms with E-state index >= 15 is 0 Å². The number of rotatable bonds is 9. The first-order chi connectivity index (χ1) is 6.31. The highest BCUT2D eigenvalue weighted by Crippen LogP contribution is 1.88. The van der Waals surface area contributed by atoms with Crippen molar-refractivity contribution in [2.24, 2.45) is 0 Å². The van der Waals surface area contributed by atoms with Crippen molar-refractivity contribution in [3.63, 3.8) is 0 Å². The summed E-state index contributed by atoms with van der Waals surface area (Å²) in [7, 11) is 0. The lowest BCUT2D eigenvalue weighted by molar-refractivity contribution is -0.137. The molecule has 0 aliphatic rings. The van der Waals surface area contributed by atoms with E-state index in [9.17, 15) is 0 Å². The predicted octanol–water partition coefficient (Wildman–Crippen LogP) is -0.633. The molecule has 0 radical (unpaired) electrons. The maximum Gasteiger partial charge on any atom is 0.178 e. The van der Waals surface area contributed by atoms with Crippen molar-refractivity contribution in [3.05, 3.63) is 0 Å². The van der Waals surface area contributed by atoms with Gasteiger partial charge in [0.25, 0.3) is 0 Å². The molecule has 2 N–H and O–H groups in total. The van der Waals surface area contributed by atoms with Gasteiger partial charge in [-0.3, -0.25) is 0 Å². The Labute approximate surface area is 78.2 Å². The molecular weight excluding hydrogens is 176 g/mol. The third-order valence-electron chi connectivity index (χ3n) is 1.23. The monoisotopic (exact) mass is 194 g/mol. The standard InChI is InChI=1S/C8H18O5/c1-2-13-8(10)7-12-6-5-11-4-3-9/h8-10H,2-7H2,1H3. The van der Waals surface area contributed by atoms with Gasteiger partial charge < -0.3 is 24.4 Å². The van der Waals surface area contributed by atoms with E-state index in [-0.39, 0.29) is 13.2 Å². The summed E-state index contributed by atoms with van der Waals surface area (Å²) in [6.45, 7) is 3.55. The first kappa shape index (κ1) is 12.8. The van der Waals surface area contributed by atoms with Crippen LogP contribution in [0.5, 0.6) is 0 Å². The summed E-state index contributed by atoms with van der Waals surface area (Å²) in [5.41, 5.74) is 0. The molecular formula is C8H18O5. The first-order valence-corrected chi connectivity index (χ1v) is 4.37. The predicted molar refractivity (Wildman–Crippen MR) is 46.4 cm³/mol. The van der Waals surface area contributed by atoms with Crippen molar-refractivity contribution in [3.8, 4) is 0 Å². The van der Waals surface area contributed by atoms with Gasteiger partial charge in [0.1, 0.15) is 0 Å². The van der Waals surface area contributed by atoms with Crippen molar-refractivity contribution >= 4 is 0 Å². The van der Waals surface area contributed by atoms with E-state index in [1.54, 1.807) is 6.92 Å². The summed E-state index contributed by atoms with van der Waals surface area (Å²) in [5, 5.41) is 17.4. The van der Waals surface area contributed by atoms with Gasteiger partial charge in [0, 0.05) is 6.61 Å². The van der Waals surface area contributed by atoms with E-state index in [4.69, 9.17) is 24.4 Å². The molecule has 0 heterocycles. The maximum absolute atomic E-state index is 9.02. The quantitative estimate of drug-likeness (QED) is 0.378. The zero-order chi connectivity index (χ0) is 9.94. The molecule has 13 heavy (non-hydrogen) atoms. The highest BCUT2D eigenvalue weighted by atomic mass is 16.6. The molecule has 80 valence electrons. The Kier molecular flexibility index (Phi) is 9.73. The molecule has 0 spiro atoms. The third-order valence-corrected chi connectivity index (χ3v) is 1.23. The molecule has 0 saturated heterocycles. The molecule has 5 nitrogen and oxygen atoms in total. The number of hydrogen-bond donors (Lipinski definition) is 2. The minimum absolute atomic E-state index is 0.0154. The van der Waals surface area contributed by atoms with Crippen LogP contribution in [0.25, 0.3) is 0 Å². The van der Waals surface area contributed by atoms with Crippen LogP contribution in [0.1, 0.15) is 6.92 Å². The van der Waals surface area contributed by atoms with E-state index < -0.39 is 6.29 Å². The Morgan fingerprint density at radius 2 is 1.85 bits per heavy atom. The lowest BCUT2D eigenvalue weighted by atomic mass is 10.6. The minimum Gasteiger partial charge on any atom is -0.394 e. The van der Waals surface area contributed by atoms with Gasteiger partial charge in [-0.05, 0) is 6.92 Å². The summed E-state index contributed by atoms with van der Waals surface area (Å²) < 4.78 is 14.8. The van der Waals surface area contributed by atoms with Crippen LogP contribution >= 0.6 is 0 Å². The van der Waals surface area contributed by atoms with Crippen LogP contribution in [0, 0.1) is 0 Å². The lowest BCUT2D eigenvalue weighted by Gasteiger charge is -2.10. The summed E-state index contributed by atoms with van der Waals surface area (Å²) in [6.07, 6.45) is -0.858. The summed E-state index contributed by atoms with van der Waals surface area (Å²) in [4.78, 5) is 0. The average Bonchev–Trinajstić information content (AvgIpc) is 2.11. The Hall–Kier alpha value is -0.200. The third kappa shape index (κ3) is 9.72. The molecule has 1 atom stereocenters. The van der Waals surface area contributed by atoms with Crippen molar-refractivity contribution in [2.75, 3.05) is 39.6 Å². The van der Waals surface area contributed by atoms with Gasteiger partial charge in [0.15, 0.2) is 6.29 Å². The van der Waals surface area contributed by atoms with Crippen molar-refractivity contribution in [1.29, 1.82) is 0 Å². The van der Waals surface area contributed by atoms with E-state index in [0.717, 1.165) is 0 Å². The van der Waals surface area contributed by atoms with E-state index in [0.29, 0.717) is 26.4 Å². The largest absolute Gasteiger partial charge is 0.394 e. The van der Waals surface area contributed by atoms with Crippen LogP contribution in [-0.2, 0) is 14.2 Å². The van der Waals surface area contributed by atoms with Crippen LogP contribution in [0.4, 0.5) is 0 Å². The van der Waals surface area contributed by atoms with Gasteiger partial charge in [0.05, 0.1) is 33.0 Å². The fourth-order valence-corrected chi connectivity index (χ4v) is 0.709. The summed E-state index contributed by atoms with van der Waals surface area (Å²) in [5.74, 6) is 0. The fourth-order valence-electron chi connectivity index (χ4n) is 0.709. The van der Waals surface area contributed by atoms with Crippen LogP contribution in [0.2, 0.25) is 0 Å². The smallest absolute Gasteiger partial charge is 0.178 e. The second-order valence-electron chi connectivity index (χ2n) is 2.32. The maximum atomic E-state index is 9.02. The van der Waals surface area contributed by atoms with Gasteiger partial charge in [-0.25, -0.2) is 0 Å². The molecule has 0 aromatic rings. The van der Waals surface area contributed by atoms with Gasteiger partial charge >= 0.3 is 0 Å².